The molecule has 1 aromatic heterocycles. The third-order valence-electron chi connectivity index (χ3n) is 2.35. The Morgan fingerprint density at radius 3 is 3.00 bits per heavy atom. The van der Waals surface area contributed by atoms with Crippen LogP contribution in [0.1, 0.15) is 12.8 Å². The lowest BCUT2D eigenvalue weighted by molar-refractivity contribution is -0.120. The maximum Gasteiger partial charge on any atom is 0.250 e. The average Bonchev–Trinajstić information content (AvgIpc) is 3.05. The van der Waals surface area contributed by atoms with Gasteiger partial charge in [0.2, 0.25) is 5.91 Å². The van der Waals surface area contributed by atoms with E-state index in [0.717, 1.165) is 0 Å². The zero-order valence-corrected chi connectivity index (χ0v) is 8.98. The molecule has 1 saturated carbocycles. The third-order valence-corrected chi connectivity index (χ3v) is 2.35. The number of rotatable bonds is 5. The Morgan fingerprint density at radius 1 is 1.56 bits per heavy atom. The molecular weight excluding hydrogens is 206 g/mol. The van der Waals surface area contributed by atoms with Crippen LogP contribution in [-0.2, 0) is 9.53 Å². The second kappa shape index (κ2) is 4.94. The molecule has 0 bridgehead atoms. The Balaban J connectivity index is 1.70. The van der Waals surface area contributed by atoms with Gasteiger partial charge in [-0.15, -0.1) is 0 Å². The van der Waals surface area contributed by atoms with E-state index in [9.17, 15) is 4.79 Å². The molecule has 1 amide bonds. The number of nitrogens with zero attached hydrogens (tertiary/aromatic N) is 1. The number of hydrogen-bond acceptors (Lipinski definition) is 4. The molecular formula is C11H15N3O2. The first-order valence-corrected chi connectivity index (χ1v) is 5.33. The fourth-order valence-corrected chi connectivity index (χ4v) is 1.28. The van der Waals surface area contributed by atoms with Crippen molar-refractivity contribution in [3.8, 4) is 0 Å². The first-order valence-electron chi connectivity index (χ1n) is 5.33. The van der Waals surface area contributed by atoms with Gasteiger partial charge in [0.05, 0.1) is 18.5 Å². The van der Waals surface area contributed by atoms with E-state index in [2.05, 4.69) is 10.3 Å². The quantitative estimate of drug-likeness (QED) is 0.778. The summed E-state index contributed by atoms with van der Waals surface area (Å²) in [6.07, 6.45) is 3.97. The number of amides is 1. The highest BCUT2D eigenvalue weighted by Crippen LogP contribution is 2.28. The number of nitrogens with two attached hydrogens (primary N) is 1. The van der Waals surface area contributed by atoms with Crippen molar-refractivity contribution in [1.82, 2.24) is 4.98 Å². The molecule has 5 nitrogen and oxygen atoms in total. The number of anilines is 2. The molecule has 0 atom stereocenters. The Labute approximate surface area is 94.0 Å². The van der Waals surface area contributed by atoms with Crippen LogP contribution in [0.15, 0.2) is 18.3 Å². The zero-order chi connectivity index (χ0) is 11.4. The maximum absolute atomic E-state index is 11.4. The zero-order valence-electron chi connectivity index (χ0n) is 8.98. The molecule has 1 fully saturated rings. The highest BCUT2D eigenvalue weighted by molar-refractivity contribution is 5.91. The highest BCUT2D eigenvalue weighted by atomic mass is 16.5. The summed E-state index contributed by atoms with van der Waals surface area (Å²) in [4.78, 5) is 15.3. The lowest BCUT2D eigenvalue weighted by Gasteiger charge is -2.05. The van der Waals surface area contributed by atoms with Gasteiger partial charge in [-0.3, -0.25) is 4.79 Å². The molecule has 0 unspecified atom stereocenters. The molecule has 2 rings (SSSR count). The van der Waals surface area contributed by atoms with Crippen molar-refractivity contribution < 1.29 is 9.53 Å². The minimum Gasteiger partial charge on any atom is -0.384 e. The number of pyridine rings is 1. The molecule has 0 radical (unpaired) electrons. The first kappa shape index (κ1) is 10.9. The topological polar surface area (TPSA) is 77.2 Å². The fraction of sp³-hybridized carbons (Fsp3) is 0.455. The van der Waals surface area contributed by atoms with Gasteiger partial charge in [-0.05, 0) is 30.9 Å². The SMILES string of the molecule is Nc1ccc(NC(=O)COCC2CC2)cn1. The minimum absolute atomic E-state index is 0.0981. The van der Waals surface area contributed by atoms with Crippen LogP contribution in [0.5, 0.6) is 0 Å². The number of nitrogen functional groups attached to an aromatic ring is 1. The molecule has 0 aliphatic heterocycles. The summed E-state index contributed by atoms with van der Waals surface area (Å²) in [5.74, 6) is 0.946. The number of carbonyl (C=O) groups is 1. The van der Waals surface area contributed by atoms with Gasteiger partial charge in [-0.1, -0.05) is 0 Å². The average molecular weight is 221 g/mol. The van der Waals surface area contributed by atoms with Crippen molar-refractivity contribution in [1.29, 1.82) is 0 Å². The van der Waals surface area contributed by atoms with Crippen molar-refractivity contribution in [2.75, 3.05) is 24.3 Å². The van der Waals surface area contributed by atoms with Crippen molar-refractivity contribution in [2.24, 2.45) is 5.92 Å². The van der Waals surface area contributed by atoms with Crippen molar-refractivity contribution >= 4 is 17.4 Å². The standard InChI is InChI=1S/C11H15N3O2/c12-10-4-3-9(5-13-10)14-11(15)7-16-6-8-1-2-8/h3-5,8H,1-2,6-7H2,(H2,12,13)(H,14,15). The second-order valence-corrected chi connectivity index (χ2v) is 3.98. The van der Waals surface area contributed by atoms with E-state index in [-0.39, 0.29) is 12.5 Å². The molecule has 1 aliphatic carbocycles. The minimum atomic E-state index is -0.160. The molecule has 1 heterocycles. The highest BCUT2D eigenvalue weighted by Gasteiger charge is 2.21. The van der Waals surface area contributed by atoms with Crippen LogP contribution < -0.4 is 11.1 Å². The van der Waals surface area contributed by atoms with Crippen LogP contribution in [0, 0.1) is 5.92 Å². The summed E-state index contributed by atoms with van der Waals surface area (Å²) in [5, 5.41) is 2.68. The Hall–Kier alpha value is -1.62. The summed E-state index contributed by atoms with van der Waals surface area (Å²) in [6, 6.07) is 3.35. The van der Waals surface area contributed by atoms with Crippen molar-refractivity contribution in [2.45, 2.75) is 12.8 Å². The summed E-state index contributed by atoms with van der Waals surface area (Å²) in [5.41, 5.74) is 6.06. The van der Waals surface area contributed by atoms with Gasteiger partial charge in [0.25, 0.3) is 0 Å². The lowest BCUT2D eigenvalue weighted by Crippen LogP contribution is -2.19. The predicted octanol–water partition coefficient (Wildman–Crippen LogP) is 1.03. The molecule has 0 aromatic carbocycles. The van der Waals surface area contributed by atoms with Gasteiger partial charge < -0.3 is 15.8 Å². The normalized spacial score (nSPS) is 14.8. The Bertz CT molecular complexity index is 360. The lowest BCUT2D eigenvalue weighted by atomic mass is 10.4. The van der Waals surface area contributed by atoms with Crippen LogP contribution in [0.2, 0.25) is 0 Å². The molecule has 3 N–H and O–H groups in total. The molecule has 16 heavy (non-hydrogen) atoms. The van der Waals surface area contributed by atoms with E-state index < -0.39 is 0 Å². The summed E-state index contributed by atoms with van der Waals surface area (Å²) in [7, 11) is 0. The Kier molecular flexibility index (Phi) is 3.36. The van der Waals surface area contributed by atoms with E-state index >= 15 is 0 Å². The smallest absolute Gasteiger partial charge is 0.250 e. The largest absolute Gasteiger partial charge is 0.384 e. The van der Waals surface area contributed by atoms with Gasteiger partial charge >= 0.3 is 0 Å². The van der Waals surface area contributed by atoms with E-state index in [0.29, 0.717) is 24.0 Å². The van der Waals surface area contributed by atoms with E-state index in [4.69, 9.17) is 10.5 Å². The number of hydrogen-bond donors (Lipinski definition) is 2. The monoisotopic (exact) mass is 221 g/mol. The van der Waals surface area contributed by atoms with Crippen LogP contribution in [0.25, 0.3) is 0 Å². The van der Waals surface area contributed by atoms with Gasteiger partial charge in [-0.2, -0.15) is 0 Å². The van der Waals surface area contributed by atoms with Crippen molar-refractivity contribution in [3.63, 3.8) is 0 Å². The number of nitrogens with one attached hydrogen (secondary N) is 1. The van der Waals surface area contributed by atoms with Gasteiger partial charge in [-0.25, -0.2) is 4.98 Å². The fourth-order valence-electron chi connectivity index (χ4n) is 1.28. The van der Waals surface area contributed by atoms with Crippen LogP contribution >= 0.6 is 0 Å². The molecule has 0 spiro atoms. The third kappa shape index (κ3) is 3.51. The summed E-state index contributed by atoms with van der Waals surface area (Å²) < 4.78 is 5.26. The summed E-state index contributed by atoms with van der Waals surface area (Å²) in [6.45, 7) is 0.786. The molecule has 5 heteroatoms. The van der Waals surface area contributed by atoms with Crippen LogP contribution in [0.4, 0.5) is 11.5 Å². The first-order chi connectivity index (χ1) is 7.74. The molecule has 0 saturated heterocycles. The van der Waals surface area contributed by atoms with Gasteiger partial charge in [0.15, 0.2) is 0 Å². The second-order valence-electron chi connectivity index (χ2n) is 3.98. The van der Waals surface area contributed by atoms with Gasteiger partial charge in [0, 0.05) is 0 Å². The number of carbonyl (C=O) groups excluding carboxylic acids is 1. The molecule has 86 valence electrons. The van der Waals surface area contributed by atoms with E-state index in [1.54, 1.807) is 12.1 Å². The molecule has 1 aliphatic rings. The maximum atomic E-state index is 11.4. The molecule has 1 aromatic rings. The predicted molar refractivity (Wildman–Crippen MR) is 60.8 cm³/mol. The van der Waals surface area contributed by atoms with Crippen LogP contribution in [-0.4, -0.2) is 24.1 Å². The van der Waals surface area contributed by atoms with E-state index in [1.165, 1.54) is 19.0 Å². The number of aromatic nitrogens is 1. The van der Waals surface area contributed by atoms with Crippen molar-refractivity contribution in [3.05, 3.63) is 18.3 Å². The van der Waals surface area contributed by atoms with E-state index in [1.807, 2.05) is 0 Å². The Morgan fingerprint density at radius 2 is 2.38 bits per heavy atom. The van der Waals surface area contributed by atoms with Crippen LogP contribution in [0.3, 0.4) is 0 Å². The summed E-state index contributed by atoms with van der Waals surface area (Å²) >= 11 is 0. The van der Waals surface area contributed by atoms with Gasteiger partial charge in [0.1, 0.15) is 12.4 Å². The number of ether oxygens (including phenoxy) is 1.